The van der Waals surface area contributed by atoms with E-state index in [1.54, 1.807) is 12.1 Å². The molecule has 0 amide bonds. The van der Waals surface area contributed by atoms with Crippen LogP contribution in [0.5, 0.6) is 0 Å². The fourth-order valence-electron chi connectivity index (χ4n) is 3.32. The molecule has 3 nitrogen and oxygen atoms in total. The topological polar surface area (TPSA) is 39.4 Å². The number of hydrogen-bond donors (Lipinski definition) is 0. The van der Waals surface area contributed by atoms with Crippen LogP contribution in [0.15, 0.2) is 83.3 Å². The fraction of sp³-hybridized carbons (Fsp3) is 0.0800. The molecule has 1 aromatic heterocycles. The van der Waals surface area contributed by atoms with E-state index in [2.05, 4.69) is 0 Å². The molecule has 0 bridgehead atoms. The number of carbonyl (C=O) groups is 1. The lowest BCUT2D eigenvalue weighted by atomic mass is 9.95. The largest absolute Gasteiger partial charge is 0.465 e. The van der Waals surface area contributed by atoms with Gasteiger partial charge in [0, 0.05) is 21.7 Å². The van der Waals surface area contributed by atoms with Gasteiger partial charge >= 0.3 is 5.97 Å². The number of rotatable bonds is 4. The molecule has 3 aromatic carbocycles. The van der Waals surface area contributed by atoms with E-state index >= 15 is 0 Å². The Morgan fingerprint density at radius 3 is 2.00 bits per heavy atom. The maximum atomic E-state index is 12.9. The van der Waals surface area contributed by atoms with Crippen molar-refractivity contribution in [1.29, 1.82) is 0 Å². The highest BCUT2D eigenvalue weighted by Gasteiger charge is 2.29. The van der Waals surface area contributed by atoms with Crippen molar-refractivity contribution in [2.24, 2.45) is 0 Å². The highest BCUT2D eigenvalue weighted by atomic mass is 35.5. The van der Waals surface area contributed by atoms with Crippen molar-refractivity contribution in [2.75, 3.05) is 7.11 Å². The van der Waals surface area contributed by atoms with Gasteiger partial charge < -0.3 is 9.15 Å². The summed E-state index contributed by atoms with van der Waals surface area (Å²) in [6.45, 7) is 2.02. The van der Waals surface area contributed by atoms with Gasteiger partial charge in [-0.05, 0) is 36.8 Å². The van der Waals surface area contributed by atoms with E-state index in [-0.39, 0.29) is 0 Å². The Labute approximate surface area is 174 Å². The molecule has 0 spiro atoms. The summed E-state index contributed by atoms with van der Waals surface area (Å²) in [5.74, 6) is 0.646. The first-order valence-electron chi connectivity index (χ1n) is 9.22. The minimum Gasteiger partial charge on any atom is -0.465 e. The monoisotopic (exact) mass is 402 g/mol. The average Bonchev–Trinajstić information content (AvgIpc) is 3.15. The van der Waals surface area contributed by atoms with Gasteiger partial charge in [0.05, 0.1) is 7.11 Å². The Hall–Kier alpha value is -3.30. The second kappa shape index (κ2) is 7.98. The third kappa shape index (κ3) is 3.69. The first kappa shape index (κ1) is 19.0. The third-order valence-electron chi connectivity index (χ3n) is 4.78. The molecule has 144 valence electrons. The fourth-order valence-corrected chi connectivity index (χ4v) is 3.45. The van der Waals surface area contributed by atoms with Crippen molar-refractivity contribution in [3.05, 3.63) is 95.0 Å². The molecule has 29 heavy (non-hydrogen) atoms. The van der Waals surface area contributed by atoms with E-state index in [0.29, 0.717) is 27.7 Å². The minimum absolute atomic E-state index is 0.410. The molecule has 0 atom stereocenters. The maximum absolute atomic E-state index is 12.9. The van der Waals surface area contributed by atoms with Crippen LogP contribution in [0.3, 0.4) is 0 Å². The standard InChI is InChI=1S/C25H19ClO3/c1-16-8-10-18(11-9-16)24-22(25(27)28-2)21(17-6-4-3-5-7-17)23(29-24)19-12-14-20(26)15-13-19/h3-15H,1-2H3. The summed E-state index contributed by atoms with van der Waals surface area (Å²) in [5, 5.41) is 0.633. The lowest BCUT2D eigenvalue weighted by Crippen LogP contribution is -2.03. The predicted molar refractivity (Wildman–Crippen MR) is 116 cm³/mol. The zero-order chi connectivity index (χ0) is 20.4. The van der Waals surface area contributed by atoms with Crippen LogP contribution in [-0.2, 0) is 4.74 Å². The Bertz CT molecular complexity index is 1140. The summed E-state index contributed by atoms with van der Waals surface area (Å²) >= 11 is 6.07. The number of hydrogen-bond acceptors (Lipinski definition) is 3. The number of ether oxygens (including phenoxy) is 1. The van der Waals surface area contributed by atoms with Gasteiger partial charge in [0.15, 0.2) is 0 Å². The van der Waals surface area contributed by atoms with Crippen molar-refractivity contribution in [1.82, 2.24) is 0 Å². The van der Waals surface area contributed by atoms with Gasteiger partial charge in [-0.1, -0.05) is 71.8 Å². The Kier molecular flexibility index (Phi) is 5.24. The minimum atomic E-state index is -0.441. The molecule has 1 heterocycles. The molecule has 0 unspecified atom stereocenters. The number of benzene rings is 3. The van der Waals surface area contributed by atoms with Crippen LogP contribution < -0.4 is 0 Å². The average molecular weight is 403 g/mol. The summed E-state index contributed by atoms with van der Waals surface area (Å²) in [5.41, 5.74) is 4.76. The van der Waals surface area contributed by atoms with E-state index in [4.69, 9.17) is 20.8 Å². The van der Waals surface area contributed by atoms with Crippen molar-refractivity contribution in [3.8, 4) is 33.8 Å². The lowest BCUT2D eigenvalue weighted by Gasteiger charge is -2.06. The molecule has 0 N–H and O–H groups in total. The zero-order valence-corrected chi connectivity index (χ0v) is 16.9. The van der Waals surface area contributed by atoms with Crippen molar-refractivity contribution < 1.29 is 13.9 Å². The normalized spacial score (nSPS) is 10.7. The molecule has 0 aliphatic carbocycles. The number of esters is 1. The Morgan fingerprint density at radius 1 is 0.793 bits per heavy atom. The van der Waals surface area contributed by atoms with E-state index < -0.39 is 5.97 Å². The van der Waals surface area contributed by atoms with Crippen molar-refractivity contribution >= 4 is 17.6 Å². The number of carbonyl (C=O) groups excluding carboxylic acids is 1. The molecule has 4 rings (SSSR count). The second-order valence-electron chi connectivity index (χ2n) is 6.74. The molecule has 0 fully saturated rings. The summed E-state index contributed by atoms with van der Waals surface area (Å²) in [7, 11) is 1.38. The van der Waals surface area contributed by atoms with Gasteiger partial charge in [0.2, 0.25) is 0 Å². The van der Waals surface area contributed by atoms with Crippen molar-refractivity contribution in [3.63, 3.8) is 0 Å². The molecular weight excluding hydrogens is 384 g/mol. The SMILES string of the molecule is COC(=O)c1c(-c2ccc(C)cc2)oc(-c2ccc(Cl)cc2)c1-c1ccccc1. The Balaban J connectivity index is 2.05. The molecule has 0 saturated carbocycles. The lowest BCUT2D eigenvalue weighted by molar-refractivity contribution is 0.0602. The summed E-state index contributed by atoms with van der Waals surface area (Å²) in [6.07, 6.45) is 0. The third-order valence-corrected chi connectivity index (χ3v) is 5.03. The highest BCUT2D eigenvalue weighted by molar-refractivity contribution is 6.30. The van der Waals surface area contributed by atoms with Gasteiger partial charge in [-0.2, -0.15) is 0 Å². The van der Waals surface area contributed by atoms with Crippen LogP contribution in [0.2, 0.25) is 5.02 Å². The number of methoxy groups -OCH3 is 1. The van der Waals surface area contributed by atoms with Crippen LogP contribution in [0, 0.1) is 6.92 Å². The van der Waals surface area contributed by atoms with Gasteiger partial charge in [0.1, 0.15) is 17.1 Å². The highest BCUT2D eigenvalue weighted by Crippen LogP contribution is 2.43. The second-order valence-corrected chi connectivity index (χ2v) is 7.18. The van der Waals surface area contributed by atoms with E-state index in [9.17, 15) is 4.79 Å². The van der Waals surface area contributed by atoms with Crippen LogP contribution >= 0.6 is 11.6 Å². The smallest absolute Gasteiger partial charge is 0.342 e. The first-order valence-corrected chi connectivity index (χ1v) is 9.60. The number of furan rings is 1. The van der Waals surface area contributed by atoms with Crippen LogP contribution in [-0.4, -0.2) is 13.1 Å². The molecule has 0 aliphatic rings. The molecule has 0 aliphatic heterocycles. The van der Waals surface area contributed by atoms with Gasteiger partial charge in [-0.3, -0.25) is 0 Å². The molecular formula is C25H19ClO3. The zero-order valence-electron chi connectivity index (χ0n) is 16.1. The molecule has 0 radical (unpaired) electrons. The van der Waals surface area contributed by atoms with E-state index in [1.807, 2.05) is 73.7 Å². The summed E-state index contributed by atoms with van der Waals surface area (Å²) in [4.78, 5) is 12.9. The predicted octanol–water partition coefficient (Wildman–Crippen LogP) is 7.03. The molecule has 4 heteroatoms. The van der Waals surface area contributed by atoms with Crippen LogP contribution in [0.4, 0.5) is 0 Å². The number of aryl methyl sites for hydroxylation is 1. The molecule has 0 saturated heterocycles. The molecule has 4 aromatic rings. The van der Waals surface area contributed by atoms with Crippen molar-refractivity contribution in [2.45, 2.75) is 6.92 Å². The number of halogens is 1. The Morgan fingerprint density at radius 2 is 1.38 bits per heavy atom. The van der Waals surface area contributed by atoms with Gasteiger partial charge in [0.25, 0.3) is 0 Å². The van der Waals surface area contributed by atoms with Gasteiger partial charge in [-0.25, -0.2) is 4.79 Å². The van der Waals surface area contributed by atoms with Crippen LogP contribution in [0.1, 0.15) is 15.9 Å². The van der Waals surface area contributed by atoms with E-state index in [1.165, 1.54) is 7.11 Å². The van der Waals surface area contributed by atoms with Crippen LogP contribution in [0.25, 0.3) is 33.8 Å². The quantitative estimate of drug-likeness (QED) is 0.344. The summed E-state index contributed by atoms with van der Waals surface area (Å²) in [6, 6.07) is 24.9. The maximum Gasteiger partial charge on any atom is 0.342 e. The first-order chi connectivity index (χ1) is 14.1. The van der Waals surface area contributed by atoms with E-state index in [0.717, 1.165) is 22.3 Å². The van der Waals surface area contributed by atoms with Gasteiger partial charge in [-0.15, -0.1) is 0 Å². The summed E-state index contributed by atoms with van der Waals surface area (Å²) < 4.78 is 11.5.